The third-order valence-electron chi connectivity index (χ3n) is 2.81. The van der Waals surface area contributed by atoms with E-state index in [4.69, 9.17) is 0 Å². The maximum absolute atomic E-state index is 12.1. The van der Waals surface area contributed by atoms with Gasteiger partial charge < -0.3 is 5.32 Å². The van der Waals surface area contributed by atoms with Crippen LogP contribution in [-0.4, -0.2) is 5.91 Å². The molecule has 2 aromatic rings. The van der Waals surface area contributed by atoms with Gasteiger partial charge in [0.25, 0.3) is 5.91 Å². The van der Waals surface area contributed by atoms with Crippen LogP contribution in [0.2, 0.25) is 0 Å². The van der Waals surface area contributed by atoms with Gasteiger partial charge in [-0.1, -0.05) is 56.1 Å². The van der Waals surface area contributed by atoms with E-state index in [0.29, 0.717) is 12.1 Å². The fourth-order valence-electron chi connectivity index (χ4n) is 1.70. The summed E-state index contributed by atoms with van der Waals surface area (Å²) in [5.74, 6) is -0.0889. The van der Waals surface area contributed by atoms with Gasteiger partial charge >= 0.3 is 0 Å². The van der Waals surface area contributed by atoms with Crippen molar-refractivity contribution in [1.82, 2.24) is 5.32 Å². The number of carbonyl (C=O) groups is 1. The zero-order valence-corrected chi connectivity index (χ0v) is 15.3. The van der Waals surface area contributed by atoms with E-state index in [1.807, 2.05) is 36.4 Å². The first-order valence-corrected chi connectivity index (χ1v) is 8.68. The normalized spacial score (nSPS) is 10.3. The average molecular weight is 462 g/mol. The Balaban J connectivity index is 2.00. The van der Waals surface area contributed by atoms with E-state index in [-0.39, 0.29) is 5.91 Å². The summed E-state index contributed by atoms with van der Waals surface area (Å²) in [5, 5.41) is 3.76. The van der Waals surface area contributed by atoms with Crippen LogP contribution in [-0.2, 0) is 11.9 Å². The van der Waals surface area contributed by atoms with Crippen molar-refractivity contribution >= 4 is 53.7 Å². The third kappa shape index (κ3) is 4.17. The lowest BCUT2D eigenvalue weighted by Crippen LogP contribution is -2.23. The number of hydrogen-bond acceptors (Lipinski definition) is 1. The van der Waals surface area contributed by atoms with E-state index in [1.165, 1.54) is 5.56 Å². The number of amides is 1. The van der Waals surface area contributed by atoms with E-state index >= 15 is 0 Å². The smallest absolute Gasteiger partial charge is 0.252 e. The van der Waals surface area contributed by atoms with E-state index < -0.39 is 0 Å². The van der Waals surface area contributed by atoms with Crippen LogP contribution >= 0.6 is 47.8 Å². The van der Waals surface area contributed by atoms with Gasteiger partial charge in [0.15, 0.2) is 0 Å². The summed E-state index contributed by atoms with van der Waals surface area (Å²) in [5.41, 5.74) is 2.93. The summed E-state index contributed by atoms with van der Waals surface area (Å²) in [6.07, 6.45) is 0. The molecule has 0 aliphatic carbocycles. The van der Waals surface area contributed by atoms with Gasteiger partial charge in [0.05, 0.1) is 5.56 Å². The molecular formula is C15H12Br3NO. The minimum atomic E-state index is -0.0889. The first-order chi connectivity index (χ1) is 9.60. The zero-order chi connectivity index (χ0) is 14.5. The standard InChI is InChI=1S/C15H12Br3NO/c16-8-10-1-3-11(4-2-10)9-19-15(20)13-6-5-12(17)7-14(13)18/h1-7H,8-9H2,(H,19,20). The molecule has 1 amide bonds. The van der Waals surface area contributed by atoms with Crippen molar-refractivity contribution in [2.24, 2.45) is 0 Å². The number of alkyl halides is 1. The monoisotopic (exact) mass is 459 g/mol. The fourth-order valence-corrected chi connectivity index (χ4v) is 3.30. The quantitative estimate of drug-likeness (QED) is 0.635. The van der Waals surface area contributed by atoms with Gasteiger partial charge in [-0.25, -0.2) is 0 Å². The van der Waals surface area contributed by atoms with Crippen LogP contribution in [0.4, 0.5) is 0 Å². The number of rotatable bonds is 4. The van der Waals surface area contributed by atoms with Crippen molar-refractivity contribution in [3.8, 4) is 0 Å². The summed E-state index contributed by atoms with van der Waals surface area (Å²) in [7, 11) is 0. The Labute approximate surface area is 143 Å². The van der Waals surface area contributed by atoms with Crippen molar-refractivity contribution in [3.05, 3.63) is 68.1 Å². The first-order valence-electron chi connectivity index (χ1n) is 5.97. The lowest BCUT2D eigenvalue weighted by atomic mass is 10.1. The molecule has 0 unspecified atom stereocenters. The van der Waals surface area contributed by atoms with E-state index in [0.717, 1.165) is 19.8 Å². The molecule has 0 aromatic heterocycles. The summed E-state index contributed by atoms with van der Waals surface area (Å²) >= 11 is 10.2. The number of benzene rings is 2. The number of carbonyl (C=O) groups excluding carboxylic acids is 1. The Hall–Kier alpha value is -0.650. The van der Waals surface area contributed by atoms with Crippen LogP contribution in [0, 0.1) is 0 Å². The summed E-state index contributed by atoms with van der Waals surface area (Å²) in [6.45, 7) is 0.518. The molecule has 0 fully saturated rings. The second-order valence-corrected chi connectivity index (χ2v) is 6.59. The minimum absolute atomic E-state index is 0.0889. The topological polar surface area (TPSA) is 29.1 Å². The van der Waals surface area contributed by atoms with Crippen molar-refractivity contribution in [2.75, 3.05) is 0 Å². The van der Waals surface area contributed by atoms with E-state index in [2.05, 4.69) is 53.1 Å². The Morgan fingerprint density at radius 3 is 2.25 bits per heavy atom. The molecule has 0 aliphatic rings. The molecular weight excluding hydrogens is 450 g/mol. The lowest BCUT2D eigenvalue weighted by Gasteiger charge is -2.08. The molecule has 0 heterocycles. The molecule has 2 rings (SSSR count). The molecule has 0 radical (unpaired) electrons. The number of nitrogens with one attached hydrogen (secondary N) is 1. The molecule has 104 valence electrons. The highest BCUT2D eigenvalue weighted by atomic mass is 79.9. The van der Waals surface area contributed by atoms with Gasteiger partial charge in [0, 0.05) is 20.8 Å². The van der Waals surface area contributed by atoms with Crippen LogP contribution in [0.15, 0.2) is 51.4 Å². The number of halogens is 3. The molecule has 5 heteroatoms. The molecule has 0 bridgehead atoms. The zero-order valence-electron chi connectivity index (χ0n) is 10.5. The lowest BCUT2D eigenvalue weighted by molar-refractivity contribution is 0.0950. The molecule has 0 aliphatic heterocycles. The van der Waals surface area contributed by atoms with Crippen LogP contribution in [0.5, 0.6) is 0 Å². The minimum Gasteiger partial charge on any atom is -0.348 e. The largest absolute Gasteiger partial charge is 0.348 e. The Morgan fingerprint density at radius 1 is 1.00 bits per heavy atom. The highest BCUT2D eigenvalue weighted by Crippen LogP contribution is 2.21. The van der Waals surface area contributed by atoms with Gasteiger partial charge in [-0.05, 0) is 45.3 Å². The number of hydrogen-bond donors (Lipinski definition) is 1. The van der Waals surface area contributed by atoms with Crippen LogP contribution in [0.3, 0.4) is 0 Å². The fraction of sp³-hybridized carbons (Fsp3) is 0.133. The van der Waals surface area contributed by atoms with Crippen LogP contribution in [0.1, 0.15) is 21.5 Å². The van der Waals surface area contributed by atoms with Crippen molar-refractivity contribution < 1.29 is 4.79 Å². The van der Waals surface area contributed by atoms with Gasteiger partial charge in [0.1, 0.15) is 0 Å². The van der Waals surface area contributed by atoms with Crippen molar-refractivity contribution in [1.29, 1.82) is 0 Å². The first kappa shape index (κ1) is 15.7. The summed E-state index contributed by atoms with van der Waals surface area (Å²) < 4.78 is 1.71. The van der Waals surface area contributed by atoms with Gasteiger partial charge in [-0.3, -0.25) is 4.79 Å². The maximum atomic E-state index is 12.1. The summed E-state index contributed by atoms with van der Waals surface area (Å²) in [4.78, 5) is 12.1. The predicted octanol–water partition coefficient (Wildman–Crippen LogP) is 5.04. The molecule has 1 N–H and O–H groups in total. The highest BCUT2D eigenvalue weighted by molar-refractivity contribution is 9.11. The maximum Gasteiger partial charge on any atom is 0.252 e. The summed E-state index contributed by atoms with van der Waals surface area (Å²) in [6, 6.07) is 13.6. The van der Waals surface area contributed by atoms with Gasteiger partial charge in [0.2, 0.25) is 0 Å². The third-order valence-corrected chi connectivity index (χ3v) is 4.60. The van der Waals surface area contributed by atoms with E-state index in [1.54, 1.807) is 6.07 Å². The molecule has 2 nitrogen and oxygen atoms in total. The van der Waals surface area contributed by atoms with E-state index in [9.17, 15) is 4.79 Å². The van der Waals surface area contributed by atoms with Gasteiger partial charge in [-0.2, -0.15) is 0 Å². The van der Waals surface area contributed by atoms with Crippen molar-refractivity contribution in [2.45, 2.75) is 11.9 Å². The molecule has 0 spiro atoms. The molecule has 20 heavy (non-hydrogen) atoms. The van der Waals surface area contributed by atoms with Crippen molar-refractivity contribution in [3.63, 3.8) is 0 Å². The Morgan fingerprint density at radius 2 is 1.65 bits per heavy atom. The highest BCUT2D eigenvalue weighted by Gasteiger charge is 2.09. The second-order valence-electron chi connectivity index (χ2n) is 4.26. The van der Waals surface area contributed by atoms with Crippen LogP contribution < -0.4 is 5.32 Å². The SMILES string of the molecule is O=C(NCc1ccc(CBr)cc1)c1ccc(Br)cc1Br. The molecule has 0 atom stereocenters. The van der Waals surface area contributed by atoms with Gasteiger partial charge in [-0.15, -0.1) is 0 Å². The predicted molar refractivity (Wildman–Crippen MR) is 92.1 cm³/mol. The molecule has 0 saturated carbocycles. The van der Waals surface area contributed by atoms with Crippen LogP contribution in [0.25, 0.3) is 0 Å². The Bertz CT molecular complexity index is 611. The average Bonchev–Trinajstić information content (AvgIpc) is 2.45. The molecule has 2 aromatic carbocycles. The molecule has 0 saturated heterocycles. The Kier molecular flexibility index (Phi) is 5.81. The second kappa shape index (κ2) is 7.38.